The largest absolute Gasteiger partial charge is 0.425 e. The summed E-state index contributed by atoms with van der Waals surface area (Å²) in [4.78, 5) is 12.6. The molecule has 0 saturated heterocycles. The van der Waals surface area contributed by atoms with Gasteiger partial charge in [-0.3, -0.25) is 4.55 Å². The van der Waals surface area contributed by atoms with E-state index >= 15 is 0 Å². The Labute approximate surface area is 174 Å². The van der Waals surface area contributed by atoms with Crippen molar-refractivity contribution in [3.8, 4) is 0 Å². The average Bonchev–Trinajstić information content (AvgIpc) is 2.66. The highest BCUT2D eigenvalue weighted by molar-refractivity contribution is 7.85. The molecule has 3 aromatic rings. The smallest absolute Gasteiger partial charge is 0.350 e. The van der Waals surface area contributed by atoms with Crippen molar-refractivity contribution < 1.29 is 25.6 Å². The van der Waals surface area contributed by atoms with Gasteiger partial charge in [0.05, 0.1) is 4.90 Å². The molecule has 0 unspecified atom stereocenters. The Balaban J connectivity index is 0.000000735. The van der Waals surface area contributed by atoms with Gasteiger partial charge in [-0.25, -0.2) is 0 Å². The molecule has 0 amide bonds. The molecule has 158 valence electrons. The number of aromatic nitrogens is 3. The van der Waals surface area contributed by atoms with Gasteiger partial charge >= 0.3 is 10.6 Å². The number of hydrogen-bond donors (Lipinski definition) is 3. The van der Waals surface area contributed by atoms with Crippen LogP contribution in [0, 0.1) is 6.92 Å². The van der Waals surface area contributed by atoms with E-state index in [2.05, 4.69) is 25.6 Å². The van der Waals surface area contributed by atoms with E-state index in [4.69, 9.17) is 17.2 Å². The SMILES string of the molecule is Cc1nc(NCc2ccccc2)nc(Nc2ccc(S(=O)(=O)O)cc2)n1.O=S(=O)=O. The van der Waals surface area contributed by atoms with Crippen LogP contribution in [0.4, 0.5) is 17.6 Å². The molecule has 1 aromatic heterocycles. The number of hydrogen-bond acceptors (Lipinski definition) is 10. The molecule has 13 heteroatoms. The number of anilines is 3. The predicted molar refractivity (Wildman–Crippen MR) is 108 cm³/mol. The zero-order valence-corrected chi connectivity index (χ0v) is 17.2. The Bertz CT molecular complexity index is 1200. The molecule has 11 nitrogen and oxygen atoms in total. The highest BCUT2D eigenvalue weighted by Crippen LogP contribution is 2.17. The average molecular weight is 451 g/mol. The van der Waals surface area contributed by atoms with Crippen molar-refractivity contribution in [2.75, 3.05) is 10.6 Å². The van der Waals surface area contributed by atoms with Crippen molar-refractivity contribution in [3.63, 3.8) is 0 Å². The molecule has 0 saturated carbocycles. The Hall–Kier alpha value is -3.42. The summed E-state index contributed by atoms with van der Waals surface area (Å²) in [6, 6.07) is 15.5. The zero-order chi connectivity index (χ0) is 22.1. The summed E-state index contributed by atoms with van der Waals surface area (Å²) >= 11 is 0. The van der Waals surface area contributed by atoms with Gasteiger partial charge in [0.1, 0.15) is 5.82 Å². The summed E-state index contributed by atoms with van der Waals surface area (Å²) in [5.74, 6) is 1.29. The van der Waals surface area contributed by atoms with Gasteiger partial charge in [-0.1, -0.05) is 30.3 Å². The molecule has 0 spiro atoms. The second kappa shape index (κ2) is 10.4. The maximum absolute atomic E-state index is 11.1. The van der Waals surface area contributed by atoms with Crippen LogP contribution in [-0.2, 0) is 27.3 Å². The third kappa shape index (κ3) is 7.90. The van der Waals surface area contributed by atoms with Crippen molar-refractivity contribution >= 4 is 38.3 Å². The first-order valence-electron chi connectivity index (χ1n) is 8.25. The van der Waals surface area contributed by atoms with Crippen molar-refractivity contribution in [1.29, 1.82) is 0 Å². The maximum Gasteiger partial charge on any atom is 0.425 e. The number of nitrogens with one attached hydrogen (secondary N) is 2. The lowest BCUT2D eigenvalue weighted by Gasteiger charge is -2.09. The van der Waals surface area contributed by atoms with E-state index in [1.54, 1.807) is 6.92 Å². The van der Waals surface area contributed by atoms with Gasteiger partial charge in [-0.2, -0.15) is 23.4 Å². The molecule has 0 bridgehead atoms. The fraction of sp³-hybridized carbons (Fsp3) is 0.118. The number of aryl methyl sites for hydroxylation is 1. The molecule has 3 N–H and O–H groups in total. The van der Waals surface area contributed by atoms with Crippen molar-refractivity contribution in [1.82, 2.24) is 15.0 Å². The first kappa shape index (κ1) is 22.9. The standard InChI is InChI=1S/C17H17N5O3S.O3S/c1-12-19-16(18-11-13-5-3-2-4-6-13)22-17(20-12)21-14-7-9-15(10-8-14)26(23,24)25;1-4(2)3/h2-10H,11H2,1H3,(H,23,24,25)(H2,18,19,20,21,22);. The van der Waals surface area contributed by atoms with E-state index in [9.17, 15) is 8.42 Å². The molecule has 0 atom stereocenters. The van der Waals surface area contributed by atoms with Crippen LogP contribution in [-0.4, -0.2) is 40.5 Å². The first-order valence-corrected chi connectivity index (χ1v) is 10.7. The summed E-state index contributed by atoms with van der Waals surface area (Å²) in [7, 11) is -7.33. The Kier molecular flexibility index (Phi) is 7.91. The summed E-state index contributed by atoms with van der Waals surface area (Å²) in [5.41, 5.74) is 1.68. The van der Waals surface area contributed by atoms with E-state index in [0.717, 1.165) is 5.56 Å². The zero-order valence-electron chi connectivity index (χ0n) is 15.5. The lowest BCUT2D eigenvalue weighted by atomic mass is 10.2. The fourth-order valence-electron chi connectivity index (χ4n) is 2.23. The highest BCUT2D eigenvalue weighted by Gasteiger charge is 2.09. The lowest BCUT2D eigenvalue weighted by molar-refractivity contribution is 0.483. The second-order valence-corrected chi connectivity index (χ2v) is 7.53. The lowest BCUT2D eigenvalue weighted by Crippen LogP contribution is -2.08. The molecule has 30 heavy (non-hydrogen) atoms. The van der Waals surface area contributed by atoms with Crippen LogP contribution in [0.2, 0.25) is 0 Å². The van der Waals surface area contributed by atoms with E-state index < -0.39 is 20.7 Å². The number of nitrogens with zero attached hydrogens (tertiary/aromatic N) is 3. The summed E-state index contributed by atoms with van der Waals surface area (Å²) in [5, 5.41) is 6.13. The van der Waals surface area contributed by atoms with E-state index in [1.807, 2.05) is 30.3 Å². The van der Waals surface area contributed by atoms with Crippen LogP contribution in [0.5, 0.6) is 0 Å². The maximum atomic E-state index is 11.1. The predicted octanol–water partition coefficient (Wildman–Crippen LogP) is 1.78. The third-order valence-electron chi connectivity index (χ3n) is 3.45. The second-order valence-electron chi connectivity index (χ2n) is 5.70. The third-order valence-corrected chi connectivity index (χ3v) is 4.32. The van der Waals surface area contributed by atoms with Crippen LogP contribution < -0.4 is 10.6 Å². The van der Waals surface area contributed by atoms with Crippen LogP contribution in [0.25, 0.3) is 0 Å². The van der Waals surface area contributed by atoms with E-state index in [1.165, 1.54) is 24.3 Å². The van der Waals surface area contributed by atoms with Crippen LogP contribution in [0.3, 0.4) is 0 Å². The van der Waals surface area contributed by atoms with Gasteiger partial charge in [0, 0.05) is 12.2 Å². The van der Waals surface area contributed by atoms with Gasteiger partial charge < -0.3 is 10.6 Å². The number of rotatable bonds is 6. The summed E-state index contributed by atoms with van der Waals surface area (Å²) < 4.78 is 56.5. The van der Waals surface area contributed by atoms with Crippen molar-refractivity contribution in [3.05, 3.63) is 66.0 Å². The van der Waals surface area contributed by atoms with Gasteiger partial charge in [-0.15, -0.1) is 12.6 Å². The molecule has 0 fully saturated rings. The van der Waals surface area contributed by atoms with Crippen molar-refractivity contribution in [2.24, 2.45) is 0 Å². The monoisotopic (exact) mass is 451 g/mol. The summed E-state index contributed by atoms with van der Waals surface area (Å²) in [6.07, 6.45) is 0. The molecular weight excluding hydrogens is 434 g/mol. The van der Waals surface area contributed by atoms with E-state index in [-0.39, 0.29) is 4.90 Å². The molecule has 0 aliphatic rings. The Morgan fingerprint density at radius 1 is 0.900 bits per heavy atom. The number of benzene rings is 2. The van der Waals surface area contributed by atoms with Crippen LogP contribution in [0.15, 0.2) is 59.5 Å². The van der Waals surface area contributed by atoms with Crippen molar-refractivity contribution in [2.45, 2.75) is 18.4 Å². The molecule has 0 aliphatic heterocycles. The molecule has 2 aromatic carbocycles. The molecule has 3 rings (SSSR count). The summed E-state index contributed by atoms with van der Waals surface area (Å²) in [6.45, 7) is 2.33. The molecule has 0 radical (unpaired) electrons. The highest BCUT2D eigenvalue weighted by atomic mass is 32.2. The molecule has 1 heterocycles. The topological polar surface area (TPSA) is 168 Å². The minimum Gasteiger partial charge on any atom is -0.350 e. The normalized spacial score (nSPS) is 10.5. The van der Waals surface area contributed by atoms with Gasteiger partial charge in [0.25, 0.3) is 10.1 Å². The van der Waals surface area contributed by atoms with Gasteiger partial charge in [-0.05, 0) is 36.8 Å². The van der Waals surface area contributed by atoms with Crippen LogP contribution >= 0.6 is 0 Å². The fourth-order valence-corrected chi connectivity index (χ4v) is 2.71. The quantitative estimate of drug-likeness (QED) is 0.467. The Morgan fingerprint density at radius 3 is 2.03 bits per heavy atom. The molecule has 0 aliphatic carbocycles. The van der Waals surface area contributed by atoms with E-state index in [0.29, 0.717) is 30.0 Å². The van der Waals surface area contributed by atoms with Gasteiger partial charge in [0.2, 0.25) is 11.9 Å². The first-order chi connectivity index (χ1) is 14.1. The van der Waals surface area contributed by atoms with Gasteiger partial charge in [0.15, 0.2) is 0 Å². The Morgan fingerprint density at radius 2 is 1.47 bits per heavy atom. The minimum absolute atomic E-state index is 0.180. The minimum atomic E-state index is -4.22. The molecular formula is C17H17N5O6S2. The van der Waals surface area contributed by atoms with Crippen LogP contribution in [0.1, 0.15) is 11.4 Å².